The summed E-state index contributed by atoms with van der Waals surface area (Å²) in [6.45, 7) is 18.0. The summed E-state index contributed by atoms with van der Waals surface area (Å²) in [4.78, 5) is 71.2. The van der Waals surface area contributed by atoms with Gasteiger partial charge in [-0.2, -0.15) is 0 Å². The van der Waals surface area contributed by atoms with Crippen molar-refractivity contribution in [3.05, 3.63) is 0 Å². The van der Waals surface area contributed by atoms with Gasteiger partial charge in [-0.1, -0.05) is 72.6 Å². The Balaban J connectivity index is 1.56. The maximum absolute atomic E-state index is 14.9. The number of rotatable bonds is 17. The number of piperidine rings is 1. The number of ketones is 1. The average molecular weight is 794 g/mol. The van der Waals surface area contributed by atoms with Gasteiger partial charge in [0.2, 0.25) is 17.6 Å². The third-order valence-electron chi connectivity index (χ3n) is 13.1. The zero-order valence-corrected chi connectivity index (χ0v) is 35.9. The first-order valence-electron chi connectivity index (χ1n) is 20.9. The highest BCUT2D eigenvalue weighted by Gasteiger charge is 2.70. The summed E-state index contributed by atoms with van der Waals surface area (Å²) in [6, 6.07) is -3.45. The molecule has 1 saturated heterocycles. The van der Waals surface area contributed by atoms with E-state index in [4.69, 9.17) is 4.74 Å². The van der Waals surface area contributed by atoms with E-state index >= 15 is 0 Å². The molecule has 0 bridgehead atoms. The standard InChI is InChI=1S/C41H71N5O8S/c1-10-18-29(32(47)35(49)42-23-17-24-54-27(2)3)43-34(48)31-30-28(39(30,7)8)25-46(31)36(50)33(40(9)19-13-11-14-20-40)44-37(51)45-41(21-15-12-16-22-41)26-55(52,53)38(4,5)6/h27-31,33H,10-26H2,1-9H3,(H,42,49)(H,43,48)(H2,44,45,51)/t28-,29?,30-,31-,33+/m0/s1. The van der Waals surface area contributed by atoms with Crippen molar-refractivity contribution in [3.8, 4) is 0 Å². The molecule has 4 N–H and O–H groups in total. The summed E-state index contributed by atoms with van der Waals surface area (Å²) in [5.74, 6) is -2.57. The van der Waals surface area contributed by atoms with E-state index in [-0.39, 0.29) is 48.0 Å². The largest absolute Gasteiger partial charge is 0.379 e. The Morgan fingerprint density at radius 3 is 2.05 bits per heavy atom. The number of sulfone groups is 1. The van der Waals surface area contributed by atoms with Crippen molar-refractivity contribution in [3.63, 3.8) is 0 Å². The van der Waals surface area contributed by atoms with E-state index in [1.165, 1.54) is 0 Å². The fraction of sp³-hybridized carbons (Fsp3) is 0.878. The van der Waals surface area contributed by atoms with Gasteiger partial charge in [0.25, 0.3) is 5.91 Å². The van der Waals surface area contributed by atoms with Gasteiger partial charge in [-0.3, -0.25) is 19.2 Å². The van der Waals surface area contributed by atoms with Crippen molar-refractivity contribution >= 4 is 39.4 Å². The van der Waals surface area contributed by atoms with Crippen LogP contribution in [-0.4, -0.2) is 103 Å². The van der Waals surface area contributed by atoms with Gasteiger partial charge in [0.1, 0.15) is 12.1 Å². The lowest BCUT2D eigenvalue weighted by Gasteiger charge is -2.44. The van der Waals surface area contributed by atoms with Crippen LogP contribution in [0.25, 0.3) is 0 Å². The lowest BCUT2D eigenvalue weighted by atomic mass is 9.70. The van der Waals surface area contributed by atoms with Crippen LogP contribution >= 0.6 is 0 Å². The molecule has 0 aromatic rings. The van der Waals surface area contributed by atoms with Crippen LogP contribution in [0.4, 0.5) is 4.79 Å². The van der Waals surface area contributed by atoms with Gasteiger partial charge in [0, 0.05) is 19.7 Å². The van der Waals surface area contributed by atoms with Crippen molar-refractivity contribution in [1.29, 1.82) is 0 Å². The van der Waals surface area contributed by atoms with Gasteiger partial charge >= 0.3 is 6.03 Å². The summed E-state index contributed by atoms with van der Waals surface area (Å²) >= 11 is 0. The molecule has 4 rings (SSSR count). The SMILES string of the molecule is CCCC(NC(=O)[C@@H]1[C@@H]2[C@H](CN1C(=O)[C@@H](NC(=O)NC1(CS(=O)(=O)C(C)(C)C)CCCCC1)C1(C)CCCCC1)C2(C)C)C(=O)C(=O)NCCCOC(C)C. The Morgan fingerprint density at radius 2 is 1.49 bits per heavy atom. The Morgan fingerprint density at radius 1 is 0.891 bits per heavy atom. The molecule has 4 fully saturated rings. The molecule has 0 spiro atoms. The van der Waals surface area contributed by atoms with Crippen LogP contribution < -0.4 is 21.3 Å². The number of fused-ring (bicyclic) bond motifs is 1. The van der Waals surface area contributed by atoms with Crippen LogP contribution in [0.1, 0.15) is 146 Å². The Hall–Kier alpha value is -2.74. The predicted molar refractivity (Wildman–Crippen MR) is 213 cm³/mol. The molecule has 1 heterocycles. The number of hydrogen-bond acceptors (Lipinski definition) is 8. The van der Waals surface area contributed by atoms with Gasteiger partial charge in [0.05, 0.1) is 28.2 Å². The molecule has 5 amide bonds. The highest BCUT2D eigenvalue weighted by molar-refractivity contribution is 7.92. The highest BCUT2D eigenvalue weighted by atomic mass is 32.2. The lowest BCUT2D eigenvalue weighted by molar-refractivity contribution is -0.146. The second-order valence-electron chi connectivity index (χ2n) is 19.1. The first-order valence-corrected chi connectivity index (χ1v) is 22.6. The molecule has 5 atom stereocenters. The molecule has 13 nitrogen and oxygen atoms in total. The van der Waals surface area contributed by atoms with E-state index in [0.717, 1.165) is 38.5 Å². The van der Waals surface area contributed by atoms with Crippen LogP contribution in [0.5, 0.6) is 0 Å². The zero-order chi connectivity index (χ0) is 41.0. The van der Waals surface area contributed by atoms with E-state index < -0.39 is 67.3 Å². The predicted octanol–water partition coefficient (Wildman–Crippen LogP) is 4.81. The Labute approximate surface area is 330 Å². The van der Waals surface area contributed by atoms with E-state index in [1.807, 2.05) is 27.7 Å². The second kappa shape index (κ2) is 17.8. The molecule has 3 saturated carbocycles. The van der Waals surface area contributed by atoms with Crippen molar-refractivity contribution in [2.75, 3.05) is 25.4 Å². The molecule has 314 valence electrons. The van der Waals surface area contributed by atoms with Crippen molar-refractivity contribution in [1.82, 2.24) is 26.2 Å². The molecule has 14 heteroatoms. The number of likely N-dealkylation sites (tertiary alicyclic amines) is 1. The number of urea groups is 1. The summed E-state index contributed by atoms with van der Waals surface area (Å²) in [7, 11) is -3.57. The number of carbonyl (C=O) groups is 5. The van der Waals surface area contributed by atoms with Gasteiger partial charge in [-0.15, -0.1) is 0 Å². The number of Topliss-reactive ketones (excluding diaryl/α,β-unsaturated/α-hetero) is 1. The summed E-state index contributed by atoms with van der Waals surface area (Å²) in [5.41, 5.74) is -1.75. The zero-order valence-electron chi connectivity index (χ0n) is 35.1. The highest BCUT2D eigenvalue weighted by Crippen LogP contribution is 2.65. The molecule has 0 aromatic carbocycles. The first kappa shape index (κ1) is 45.0. The minimum Gasteiger partial charge on any atom is -0.379 e. The van der Waals surface area contributed by atoms with Crippen LogP contribution in [-0.2, 0) is 33.8 Å². The number of amides is 5. The summed E-state index contributed by atoms with van der Waals surface area (Å²) in [6.07, 6.45) is 9.26. The number of nitrogens with zero attached hydrogens (tertiary/aromatic N) is 1. The Bertz CT molecular complexity index is 1510. The van der Waals surface area contributed by atoms with Crippen molar-refractivity contribution in [2.24, 2.45) is 22.7 Å². The average Bonchev–Trinajstić information content (AvgIpc) is 3.40. The fourth-order valence-corrected chi connectivity index (χ4v) is 10.9. The minimum atomic E-state index is -3.57. The smallest absolute Gasteiger partial charge is 0.315 e. The van der Waals surface area contributed by atoms with E-state index in [2.05, 4.69) is 35.1 Å². The lowest BCUT2D eigenvalue weighted by Crippen LogP contribution is -2.65. The summed E-state index contributed by atoms with van der Waals surface area (Å²) in [5, 5.41) is 11.7. The van der Waals surface area contributed by atoms with Gasteiger partial charge < -0.3 is 30.9 Å². The van der Waals surface area contributed by atoms with Crippen LogP contribution in [0, 0.1) is 22.7 Å². The molecule has 4 aliphatic rings. The monoisotopic (exact) mass is 794 g/mol. The third-order valence-corrected chi connectivity index (χ3v) is 15.9. The van der Waals surface area contributed by atoms with Crippen LogP contribution in [0.15, 0.2) is 0 Å². The molecule has 1 aliphatic heterocycles. The van der Waals surface area contributed by atoms with Gasteiger partial charge in [-0.25, -0.2) is 13.2 Å². The topological polar surface area (TPSA) is 180 Å². The summed E-state index contributed by atoms with van der Waals surface area (Å²) < 4.78 is 31.5. The number of nitrogens with one attached hydrogen (secondary N) is 4. The fourth-order valence-electron chi connectivity index (χ4n) is 9.34. The molecule has 55 heavy (non-hydrogen) atoms. The molecule has 0 radical (unpaired) electrons. The van der Waals surface area contributed by atoms with Gasteiger partial charge in [-0.05, 0) is 95.8 Å². The maximum Gasteiger partial charge on any atom is 0.315 e. The van der Waals surface area contributed by atoms with Crippen LogP contribution in [0.2, 0.25) is 0 Å². The minimum absolute atomic E-state index is 0.0608. The van der Waals surface area contributed by atoms with Crippen molar-refractivity contribution in [2.45, 2.75) is 180 Å². The molecular formula is C41H71N5O8S. The van der Waals surface area contributed by atoms with Crippen LogP contribution in [0.3, 0.4) is 0 Å². The second-order valence-corrected chi connectivity index (χ2v) is 21.8. The van der Waals surface area contributed by atoms with E-state index in [1.54, 1.807) is 25.7 Å². The van der Waals surface area contributed by atoms with Crippen molar-refractivity contribution < 1.29 is 37.1 Å². The number of carbonyl (C=O) groups excluding carboxylic acids is 5. The van der Waals surface area contributed by atoms with E-state index in [9.17, 15) is 32.4 Å². The first-order chi connectivity index (χ1) is 25.6. The normalized spacial score (nSPS) is 25.3. The third kappa shape index (κ3) is 10.6. The number of hydrogen-bond donors (Lipinski definition) is 4. The Kier molecular flexibility index (Phi) is 14.6. The molecule has 1 unspecified atom stereocenters. The maximum atomic E-state index is 14.9. The van der Waals surface area contributed by atoms with Gasteiger partial charge in [0.15, 0.2) is 9.84 Å². The quantitative estimate of drug-likeness (QED) is 0.120. The van der Waals surface area contributed by atoms with E-state index in [0.29, 0.717) is 51.7 Å². The molecule has 0 aromatic heterocycles. The number of ether oxygens (including phenoxy) is 1. The molecular weight excluding hydrogens is 723 g/mol. The molecule has 3 aliphatic carbocycles.